The van der Waals surface area contributed by atoms with Crippen molar-refractivity contribution in [1.29, 1.82) is 0 Å². The molecule has 0 saturated heterocycles. The van der Waals surface area contributed by atoms with Crippen molar-refractivity contribution < 1.29 is 0 Å². The Kier molecular flexibility index (Phi) is 6.17. The molecule has 0 amide bonds. The molecule has 0 aliphatic rings. The van der Waals surface area contributed by atoms with E-state index >= 15 is 0 Å². The molecule has 0 radical (unpaired) electrons. The molecule has 8 aromatic carbocycles. The van der Waals surface area contributed by atoms with Crippen molar-refractivity contribution in [3.8, 4) is 22.9 Å². The van der Waals surface area contributed by atoms with Crippen LogP contribution in [0.25, 0.3) is 118 Å². The minimum absolute atomic E-state index is 0.719. The van der Waals surface area contributed by atoms with Crippen LogP contribution in [0.1, 0.15) is 0 Å². The summed E-state index contributed by atoms with van der Waals surface area (Å²) in [7, 11) is 0. The molecule has 0 fully saturated rings. The number of para-hydroxylation sites is 3. The monoisotopic (exact) mass is 748 g/mol. The molecular formula is C50H28N4S2. The minimum atomic E-state index is 0.719. The molecule has 0 unspecified atom stereocenters. The number of thiophene rings is 2. The lowest BCUT2D eigenvalue weighted by atomic mass is 9.99. The van der Waals surface area contributed by atoms with Gasteiger partial charge in [0.05, 0.1) is 32.2 Å². The van der Waals surface area contributed by atoms with Crippen molar-refractivity contribution in [2.75, 3.05) is 0 Å². The molecule has 0 bridgehead atoms. The topological polar surface area (TPSA) is 35.6 Å². The number of hydrogen-bond donors (Lipinski definition) is 0. The van der Waals surface area contributed by atoms with Crippen LogP contribution in [0.2, 0.25) is 0 Å². The van der Waals surface area contributed by atoms with Gasteiger partial charge >= 0.3 is 0 Å². The molecule has 6 heteroatoms. The summed E-state index contributed by atoms with van der Waals surface area (Å²) in [5, 5.41) is 12.3. The maximum atomic E-state index is 5.69. The number of nitrogens with zero attached hydrogens (tertiary/aromatic N) is 4. The van der Waals surface area contributed by atoms with E-state index in [0.717, 1.165) is 44.1 Å². The molecule has 13 rings (SSSR count). The van der Waals surface area contributed by atoms with E-state index < -0.39 is 0 Å². The third-order valence-electron chi connectivity index (χ3n) is 11.5. The summed E-state index contributed by atoms with van der Waals surface area (Å²) in [5.41, 5.74) is 6.81. The fourth-order valence-corrected chi connectivity index (χ4v) is 11.5. The first kappa shape index (κ1) is 30.5. The van der Waals surface area contributed by atoms with E-state index in [-0.39, 0.29) is 0 Å². The number of hydrogen-bond acceptors (Lipinski definition) is 4. The van der Waals surface area contributed by atoms with Crippen LogP contribution < -0.4 is 0 Å². The minimum Gasteiger partial charge on any atom is -0.309 e. The molecular weight excluding hydrogens is 721 g/mol. The van der Waals surface area contributed by atoms with Crippen LogP contribution in [0.15, 0.2) is 170 Å². The van der Waals surface area contributed by atoms with Crippen molar-refractivity contribution >= 4 is 118 Å². The summed E-state index contributed by atoms with van der Waals surface area (Å²) in [6.45, 7) is 0. The van der Waals surface area contributed by atoms with E-state index in [4.69, 9.17) is 9.97 Å². The Morgan fingerprint density at radius 3 is 1.73 bits per heavy atom. The third-order valence-corrected chi connectivity index (χ3v) is 13.8. The molecule has 56 heavy (non-hydrogen) atoms. The number of benzene rings is 8. The van der Waals surface area contributed by atoms with Gasteiger partial charge in [0.2, 0.25) is 0 Å². The molecule has 0 atom stereocenters. The van der Waals surface area contributed by atoms with Crippen LogP contribution in [-0.4, -0.2) is 19.1 Å². The Morgan fingerprint density at radius 2 is 0.964 bits per heavy atom. The van der Waals surface area contributed by atoms with Gasteiger partial charge in [0, 0.05) is 58.4 Å². The maximum absolute atomic E-state index is 5.69. The van der Waals surface area contributed by atoms with E-state index in [1.54, 1.807) is 11.3 Å². The Bertz CT molecular complexity index is 3770. The van der Waals surface area contributed by atoms with Crippen LogP contribution >= 0.6 is 22.7 Å². The van der Waals surface area contributed by atoms with Crippen molar-refractivity contribution in [2.24, 2.45) is 0 Å². The van der Waals surface area contributed by atoms with Gasteiger partial charge < -0.3 is 4.57 Å². The lowest BCUT2D eigenvalue weighted by molar-refractivity contribution is 1.08. The zero-order chi connectivity index (χ0) is 36.5. The lowest BCUT2D eigenvalue weighted by Gasteiger charge is -2.13. The fraction of sp³-hybridized carbons (Fsp3) is 0. The Morgan fingerprint density at radius 1 is 0.393 bits per heavy atom. The first-order chi connectivity index (χ1) is 27.8. The predicted molar refractivity (Wildman–Crippen MR) is 239 cm³/mol. The first-order valence-electron chi connectivity index (χ1n) is 18.8. The molecule has 260 valence electrons. The first-order valence-corrected chi connectivity index (χ1v) is 20.5. The second kappa shape index (κ2) is 11.3. The van der Waals surface area contributed by atoms with Crippen LogP contribution in [0.5, 0.6) is 0 Å². The van der Waals surface area contributed by atoms with Crippen LogP contribution in [0.3, 0.4) is 0 Å². The largest absolute Gasteiger partial charge is 0.309 e. The average molecular weight is 749 g/mol. The highest BCUT2D eigenvalue weighted by Gasteiger charge is 2.25. The standard InChI is InChI=1S/C50H28N4S2/c1-2-14-30(15-3-1)53-38-22-10-6-16-31(38)37-28-29(26-27-40(37)53)48-51-49(45-36-21-9-13-25-42(36)56-50(45)52-48)54-39-23-11-7-19-34(39)43-32-17-4-5-18-33(32)44-35-20-8-12-24-41(35)55-47(44)46(43)54/h1-28H. The highest BCUT2D eigenvalue weighted by Crippen LogP contribution is 2.49. The molecule has 0 saturated carbocycles. The van der Waals surface area contributed by atoms with Crippen molar-refractivity contribution in [3.05, 3.63) is 170 Å². The second-order valence-corrected chi connectivity index (χ2v) is 16.6. The van der Waals surface area contributed by atoms with Gasteiger partial charge in [-0.15, -0.1) is 22.7 Å². The van der Waals surface area contributed by atoms with Crippen molar-refractivity contribution in [2.45, 2.75) is 0 Å². The SMILES string of the molecule is c1ccc(-n2c3ccccc3c3cc(-c4nc(-n5c6ccccc6c6c7ccccc7c7c8ccccc8sc7c65)c5c(n4)sc4ccccc45)ccc32)cc1. The average Bonchev–Trinajstić information content (AvgIpc) is 4.01. The van der Waals surface area contributed by atoms with Crippen molar-refractivity contribution in [3.63, 3.8) is 0 Å². The molecule has 0 aliphatic carbocycles. The second-order valence-electron chi connectivity index (χ2n) is 14.5. The summed E-state index contributed by atoms with van der Waals surface area (Å²) in [6, 6.07) is 61.3. The van der Waals surface area contributed by atoms with Gasteiger partial charge in [0.15, 0.2) is 11.6 Å². The van der Waals surface area contributed by atoms with Crippen molar-refractivity contribution in [1.82, 2.24) is 19.1 Å². The normalized spacial score (nSPS) is 12.3. The zero-order valence-corrected chi connectivity index (χ0v) is 31.4. The molecule has 0 aliphatic heterocycles. The quantitative estimate of drug-likeness (QED) is 0.180. The van der Waals surface area contributed by atoms with Crippen LogP contribution in [0.4, 0.5) is 0 Å². The molecule has 0 spiro atoms. The van der Waals surface area contributed by atoms with Gasteiger partial charge in [0.1, 0.15) is 4.83 Å². The molecule has 4 nitrogen and oxygen atoms in total. The van der Waals surface area contributed by atoms with E-state index in [2.05, 4.69) is 179 Å². The van der Waals surface area contributed by atoms with Gasteiger partial charge in [-0.05, 0) is 65.4 Å². The lowest BCUT2D eigenvalue weighted by Crippen LogP contribution is -2.02. The molecule has 5 heterocycles. The summed E-state index contributed by atoms with van der Waals surface area (Å²) in [5.74, 6) is 1.63. The van der Waals surface area contributed by atoms with E-state index in [1.807, 2.05) is 11.3 Å². The Hall–Kier alpha value is -6.86. The Balaban J connectivity index is 1.18. The molecule has 0 N–H and O–H groups in total. The predicted octanol–water partition coefficient (Wildman–Crippen LogP) is 14.2. The maximum Gasteiger partial charge on any atom is 0.163 e. The van der Waals surface area contributed by atoms with Gasteiger partial charge in [-0.1, -0.05) is 115 Å². The van der Waals surface area contributed by atoms with Crippen LogP contribution in [0, 0.1) is 0 Å². The molecule has 13 aromatic rings. The number of rotatable bonds is 3. The highest BCUT2D eigenvalue weighted by molar-refractivity contribution is 7.27. The fourth-order valence-electron chi connectivity index (χ4n) is 9.21. The van der Waals surface area contributed by atoms with Crippen LogP contribution in [-0.2, 0) is 0 Å². The Labute approximate surface area is 327 Å². The van der Waals surface area contributed by atoms with E-state index in [9.17, 15) is 0 Å². The van der Waals surface area contributed by atoms with E-state index in [1.165, 1.54) is 73.6 Å². The zero-order valence-electron chi connectivity index (χ0n) is 29.8. The van der Waals surface area contributed by atoms with E-state index in [0.29, 0.717) is 0 Å². The van der Waals surface area contributed by atoms with Gasteiger partial charge in [-0.25, -0.2) is 9.97 Å². The summed E-state index contributed by atoms with van der Waals surface area (Å²) >= 11 is 3.63. The van der Waals surface area contributed by atoms with Gasteiger partial charge in [-0.3, -0.25) is 4.57 Å². The summed E-state index contributed by atoms with van der Waals surface area (Å²) in [6.07, 6.45) is 0. The van der Waals surface area contributed by atoms with Gasteiger partial charge in [0.25, 0.3) is 0 Å². The third kappa shape index (κ3) is 4.06. The van der Waals surface area contributed by atoms with Gasteiger partial charge in [-0.2, -0.15) is 0 Å². The number of aromatic nitrogens is 4. The smallest absolute Gasteiger partial charge is 0.163 e. The highest BCUT2D eigenvalue weighted by atomic mass is 32.1. The number of fused-ring (bicyclic) bond motifs is 16. The summed E-state index contributed by atoms with van der Waals surface area (Å²) in [4.78, 5) is 12.1. The molecule has 5 aromatic heterocycles. The summed E-state index contributed by atoms with van der Waals surface area (Å²) < 4.78 is 8.58.